The number of hydrogen-bond donors (Lipinski definition) is 1. The zero-order chi connectivity index (χ0) is 11.1. The maximum atomic E-state index is 4.35. The van der Waals surface area contributed by atoms with Crippen molar-refractivity contribution in [1.82, 2.24) is 15.3 Å². The minimum atomic E-state index is 0.303. The molecule has 3 heteroatoms. The largest absolute Gasteiger partial charge is 0.310 e. The second-order valence-corrected chi connectivity index (χ2v) is 3.96. The maximum absolute atomic E-state index is 4.35. The van der Waals surface area contributed by atoms with Crippen molar-refractivity contribution in [2.24, 2.45) is 0 Å². The third kappa shape index (κ3) is 3.96. The van der Waals surface area contributed by atoms with Gasteiger partial charge in [-0.3, -0.25) is 0 Å². The van der Waals surface area contributed by atoms with Crippen molar-refractivity contribution >= 4 is 0 Å². The van der Waals surface area contributed by atoms with Gasteiger partial charge >= 0.3 is 0 Å². The van der Waals surface area contributed by atoms with Gasteiger partial charge in [0.05, 0.1) is 6.04 Å². The van der Waals surface area contributed by atoms with Crippen LogP contribution in [-0.2, 0) is 0 Å². The molecule has 1 aromatic heterocycles. The molecular formula is C12H21N3. The number of nitrogens with one attached hydrogen (secondary N) is 1. The van der Waals surface area contributed by atoms with Crippen LogP contribution in [0.4, 0.5) is 0 Å². The van der Waals surface area contributed by atoms with E-state index in [-0.39, 0.29) is 0 Å². The van der Waals surface area contributed by atoms with Crippen LogP contribution in [0.5, 0.6) is 0 Å². The highest BCUT2D eigenvalue weighted by atomic mass is 15.0. The fraction of sp³-hybridized carbons (Fsp3) is 0.667. The van der Waals surface area contributed by atoms with E-state index < -0.39 is 0 Å². The van der Waals surface area contributed by atoms with E-state index in [2.05, 4.69) is 22.2 Å². The highest BCUT2D eigenvalue weighted by molar-refractivity contribution is 5.04. The maximum Gasteiger partial charge on any atom is 0.145 e. The van der Waals surface area contributed by atoms with Crippen LogP contribution in [0.3, 0.4) is 0 Å². The van der Waals surface area contributed by atoms with Crippen molar-refractivity contribution in [1.29, 1.82) is 0 Å². The quantitative estimate of drug-likeness (QED) is 0.729. The normalized spacial score (nSPS) is 12.7. The Kier molecular flexibility index (Phi) is 5.26. The molecule has 0 saturated heterocycles. The van der Waals surface area contributed by atoms with Crippen LogP contribution in [0.15, 0.2) is 12.4 Å². The Labute approximate surface area is 92.3 Å². The smallest absolute Gasteiger partial charge is 0.145 e. The Morgan fingerprint density at radius 2 is 1.93 bits per heavy atom. The second-order valence-electron chi connectivity index (χ2n) is 3.96. The van der Waals surface area contributed by atoms with Crippen LogP contribution in [0.25, 0.3) is 0 Å². The zero-order valence-electron chi connectivity index (χ0n) is 9.95. The van der Waals surface area contributed by atoms with Gasteiger partial charge in [-0.05, 0) is 26.0 Å². The average molecular weight is 207 g/mol. The van der Waals surface area contributed by atoms with Crippen LogP contribution in [0.2, 0.25) is 0 Å². The van der Waals surface area contributed by atoms with E-state index >= 15 is 0 Å². The molecule has 1 rings (SSSR count). The molecule has 1 aromatic rings. The molecular weight excluding hydrogens is 186 g/mol. The number of unbranched alkanes of at least 4 members (excludes halogenated alkanes) is 2. The first-order valence-electron chi connectivity index (χ1n) is 5.73. The van der Waals surface area contributed by atoms with Gasteiger partial charge in [-0.25, -0.2) is 9.97 Å². The molecule has 0 saturated carbocycles. The van der Waals surface area contributed by atoms with Crippen LogP contribution >= 0.6 is 0 Å². The SMILES string of the molecule is CCCCCC(NC)c1ncc(C)cn1. The summed E-state index contributed by atoms with van der Waals surface area (Å²) in [5.74, 6) is 0.916. The molecule has 0 fully saturated rings. The molecule has 1 N–H and O–H groups in total. The van der Waals surface area contributed by atoms with Crippen molar-refractivity contribution in [3.63, 3.8) is 0 Å². The lowest BCUT2D eigenvalue weighted by Crippen LogP contribution is -2.19. The summed E-state index contributed by atoms with van der Waals surface area (Å²) >= 11 is 0. The molecule has 0 spiro atoms. The molecule has 0 radical (unpaired) electrons. The molecule has 0 bridgehead atoms. The van der Waals surface area contributed by atoms with E-state index in [9.17, 15) is 0 Å². The number of rotatable bonds is 6. The molecule has 1 unspecified atom stereocenters. The van der Waals surface area contributed by atoms with Gasteiger partial charge < -0.3 is 5.32 Å². The highest BCUT2D eigenvalue weighted by Gasteiger charge is 2.10. The van der Waals surface area contributed by atoms with Crippen LogP contribution in [0.1, 0.15) is 50.0 Å². The molecule has 1 atom stereocenters. The Morgan fingerprint density at radius 3 is 2.47 bits per heavy atom. The van der Waals surface area contributed by atoms with E-state index in [4.69, 9.17) is 0 Å². The van der Waals surface area contributed by atoms with Crippen molar-refractivity contribution in [2.45, 2.75) is 45.6 Å². The monoisotopic (exact) mass is 207 g/mol. The predicted octanol–water partition coefficient (Wildman–Crippen LogP) is 2.63. The van der Waals surface area contributed by atoms with E-state index in [1.54, 1.807) is 0 Å². The lowest BCUT2D eigenvalue weighted by molar-refractivity contribution is 0.489. The van der Waals surface area contributed by atoms with Crippen molar-refractivity contribution in [2.75, 3.05) is 7.05 Å². The summed E-state index contributed by atoms with van der Waals surface area (Å²) in [5, 5.41) is 3.27. The van der Waals surface area contributed by atoms with Gasteiger partial charge in [0.2, 0.25) is 0 Å². The first-order chi connectivity index (χ1) is 7.27. The van der Waals surface area contributed by atoms with E-state index in [1.807, 2.05) is 26.4 Å². The Morgan fingerprint density at radius 1 is 1.27 bits per heavy atom. The fourth-order valence-electron chi connectivity index (χ4n) is 1.58. The van der Waals surface area contributed by atoms with E-state index in [0.29, 0.717) is 6.04 Å². The molecule has 0 aromatic carbocycles. The summed E-state index contributed by atoms with van der Waals surface area (Å²) in [6, 6.07) is 0.303. The highest BCUT2D eigenvalue weighted by Crippen LogP contribution is 2.15. The summed E-state index contributed by atoms with van der Waals surface area (Å²) in [7, 11) is 1.97. The molecule has 0 amide bonds. The lowest BCUT2D eigenvalue weighted by atomic mass is 10.1. The standard InChI is InChI=1S/C12H21N3/c1-4-5-6-7-11(13-3)12-14-8-10(2)9-15-12/h8-9,11,13H,4-7H2,1-3H3. The minimum Gasteiger partial charge on any atom is -0.310 e. The summed E-state index contributed by atoms with van der Waals surface area (Å²) in [6.45, 7) is 4.23. The van der Waals surface area contributed by atoms with E-state index in [1.165, 1.54) is 19.3 Å². The average Bonchev–Trinajstić information content (AvgIpc) is 2.26. The van der Waals surface area contributed by atoms with Crippen LogP contribution in [0, 0.1) is 6.92 Å². The van der Waals surface area contributed by atoms with Gasteiger partial charge in [0.25, 0.3) is 0 Å². The van der Waals surface area contributed by atoms with Crippen LogP contribution in [-0.4, -0.2) is 17.0 Å². The van der Waals surface area contributed by atoms with Crippen LogP contribution < -0.4 is 5.32 Å². The Balaban J connectivity index is 2.53. The fourth-order valence-corrected chi connectivity index (χ4v) is 1.58. The molecule has 15 heavy (non-hydrogen) atoms. The van der Waals surface area contributed by atoms with Crippen molar-refractivity contribution in [3.8, 4) is 0 Å². The molecule has 0 aliphatic carbocycles. The van der Waals surface area contributed by atoms with Gasteiger partial charge in [0.15, 0.2) is 0 Å². The van der Waals surface area contributed by atoms with Gasteiger partial charge in [-0.15, -0.1) is 0 Å². The second kappa shape index (κ2) is 6.51. The molecule has 3 nitrogen and oxygen atoms in total. The van der Waals surface area contributed by atoms with Gasteiger partial charge in [-0.2, -0.15) is 0 Å². The third-order valence-electron chi connectivity index (χ3n) is 2.56. The van der Waals surface area contributed by atoms with Gasteiger partial charge in [-0.1, -0.05) is 26.2 Å². The third-order valence-corrected chi connectivity index (χ3v) is 2.56. The first-order valence-corrected chi connectivity index (χ1v) is 5.73. The summed E-state index contributed by atoms with van der Waals surface area (Å²) in [5.41, 5.74) is 1.11. The Hall–Kier alpha value is -0.960. The van der Waals surface area contributed by atoms with Crippen molar-refractivity contribution in [3.05, 3.63) is 23.8 Å². The number of aryl methyl sites for hydroxylation is 1. The zero-order valence-corrected chi connectivity index (χ0v) is 9.95. The topological polar surface area (TPSA) is 37.8 Å². The van der Waals surface area contributed by atoms with Gasteiger partial charge in [0.1, 0.15) is 5.82 Å². The van der Waals surface area contributed by atoms with Crippen molar-refractivity contribution < 1.29 is 0 Å². The number of aromatic nitrogens is 2. The number of hydrogen-bond acceptors (Lipinski definition) is 3. The Bertz CT molecular complexity index is 269. The molecule has 0 aliphatic heterocycles. The molecule has 1 heterocycles. The lowest BCUT2D eigenvalue weighted by Gasteiger charge is -2.14. The summed E-state index contributed by atoms with van der Waals surface area (Å²) in [4.78, 5) is 8.71. The number of nitrogens with zero attached hydrogens (tertiary/aromatic N) is 2. The minimum absolute atomic E-state index is 0.303. The van der Waals surface area contributed by atoms with Gasteiger partial charge in [0, 0.05) is 12.4 Å². The van der Waals surface area contributed by atoms with E-state index in [0.717, 1.165) is 17.8 Å². The summed E-state index contributed by atoms with van der Waals surface area (Å²) < 4.78 is 0. The predicted molar refractivity (Wildman–Crippen MR) is 62.7 cm³/mol. The summed E-state index contributed by atoms with van der Waals surface area (Å²) in [6.07, 6.45) is 8.65. The first kappa shape index (κ1) is 12.1. The molecule has 0 aliphatic rings. The molecule has 84 valence electrons.